The van der Waals surface area contributed by atoms with Gasteiger partial charge in [0.05, 0.1) is 11.2 Å². The lowest BCUT2D eigenvalue weighted by molar-refractivity contribution is -0.133. The van der Waals surface area contributed by atoms with E-state index in [9.17, 15) is 14.4 Å². The van der Waals surface area contributed by atoms with Crippen molar-refractivity contribution in [1.82, 2.24) is 15.2 Å². The van der Waals surface area contributed by atoms with E-state index in [4.69, 9.17) is 0 Å². The fourth-order valence-corrected chi connectivity index (χ4v) is 3.64. The van der Waals surface area contributed by atoms with E-state index >= 15 is 0 Å². The highest BCUT2D eigenvalue weighted by Crippen LogP contribution is 2.24. The molecule has 1 saturated heterocycles. The number of fused-ring (bicyclic) bond motifs is 1. The molecule has 0 unspecified atom stereocenters. The topological polar surface area (TPSA) is 91.4 Å². The molecular weight excluding hydrogens is 380 g/mol. The van der Waals surface area contributed by atoms with Crippen molar-refractivity contribution in [3.63, 3.8) is 0 Å². The van der Waals surface area contributed by atoms with Gasteiger partial charge in [-0.05, 0) is 37.5 Å². The number of aryl methyl sites for hydroxylation is 1. The maximum atomic E-state index is 12.9. The third-order valence-electron chi connectivity index (χ3n) is 5.31. The molecule has 0 radical (unpaired) electrons. The van der Waals surface area contributed by atoms with Gasteiger partial charge >= 0.3 is 6.03 Å². The molecule has 2 aromatic carbocycles. The highest BCUT2D eigenvalue weighted by Gasteiger charge is 2.47. The Morgan fingerprint density at radius 2 is 1.83 bits per heavy atom. The third-order valence-corrected chi connectivity index (χ3v) is 5.31. The summed E-state index contributed by atoms with van der Waals surface area (Å²) in [6.07, 6.45) is 2.74. The maximum Gasteiger partial charge on any atom is 0.325 e. The molecule has 7 nitrogen and oxygen atoms in total. The van der Waals surface area contributed by atoms with Crippen molar-refractivity contribution in [2.75, 3.05) is 11.9 Å². The van der Waals surface area contributed by atoms with E-state index in [1.165, 1.54) is 0 Å². The smallest absolute Gasteiger partial charge is 0.323 e. The van der Waals surface area contributed by atoms with Crippen LogP contribution < -0.4 is 10.6 Å². The molecule has 4 rings (SSSR count). The first-order valence-electron chi connectivity index (χ1n) is 9.78. The van der Waals surface area contributed by atoms with Crippen LogP contribution in [0, 0.1) is 0 Å². The molecule has 7 heteroatoms. The Bertz CT molecular complexity index is 1110. The Balaban J connectivity index is 1.43. The van der Waals surface area contributed by atoms with Crippen LogP contribution in [0.1, 0.15) is 18.9 Å². The number of nitrogens with zero attached hydrogens (tertiary/aromatic N) is 2. The number of urea groups is 1. The summed E-state index contributed by atoms with van der Waals surface area (Å²) in [7, 11) is 0. The second-order valence-corrected chi connectivity index (χ2v) is 7.57. The van der Waals surface area contributed by atoms with Crippen molar-refractivity contribution in [3.05, 3.63) is 72.4 Å². The Hall–Kier alpha value is -3.74. The van der Waals surface area contributed by atoms with E-state index in [0.29, 0.717) is 24.0 Å². The van der Waals surface area contributed by atoms with Crippen LogP contribution in [0.3, 0.4) is 0 Å². The predicted molar refractivity (Wildman–Crippen MR) is 114 cm³/mol. The number of amides is 4. The van der Waals surface area contributed by atoms with Gasteiger partial charge in [0, 0.05) is 11.6 Å². The molecule has 1 fully saturated rings. The minimum atomic E-state index is -1.03. The van der Waals surface area contributed by atoms with Crippen LogP contribution in [0.25, 0.3) is 10.9 Å². The zero-order valence-corrected chi connectivity index (χ0v) is 16.6. The van der Waals surface area contributed by atoms with Crippen LogP contribution >= 0.6 is 0 Å². The Morgan fingerprint density at radius 1 is 1.07 bits per heavy atom. The lowest BCUT2D eigenvalue weighted by atomic mass is 9.93. The molecule has 0 bridgehead atoms. The molecule has 3 aromatic rings. The molecule has 2 heterocycles. The number of imide groups is 1. The fraction of sp³-hybridized carbons (Fsp3) is 0.217. The number of nitrogens with one attached hydrogen (secondary N) is 2. The van der Waals surface area contributed by atoms with Crippen molar-refractivity contribution in [3.8, 4) is 0 Å². The predicted octanol–water partition coefficient (Wildman–Crippen LogP) is 3.12. The quantitative estimate of drug-likeness (QED) is 0.620. The Kier molecular flexibility index (Phi) is 5.18. The van der Waals surface area contributed by atoms with E-state index in [1.807, 2.05) is 54.6 Å². The van der Waals surface area contributed by atoms with E-state index in [2.05, 4.69) is 15.6 Å². The molecule has 30 heavy (non-hydrogen) atoms. The van der Waals surface area contributed by atoms with Crippen LogP contribution in [0.15, 0.2) is 66.9 Å². The van der Waals surface area contributed by atoms with E-state index in [1.54, 1.807) is 19.2 Å². The van der Waals surface area contributed by atoms with Crippen LogP contribution in [0.4, 0.5) is 10.5 Å². The van der Waals surface area contributed by atoms with E-state index in [0.717, 1.165) is 15.8 Å². The van der Waals surface area contributed by atoms with Crippen molar-refractivity contribution in [2.24, 2.45) is 0 Å². The summed E-state index contributed by atoms with van der Waals surface area (Å²) in [4.78, 5) is 43.2. The number of rotatable bonds is 6. The van der Waals surface area contributed by atoms with Gasteiger partial charge in [0.2, 0.25) is 5.91 Å². The first kappa shape index (κ1) is 19.6. The molecule has 2 N–H and O–H groups in total. The molecular formula is C23H22N4O3. The number of carbonyl (C=O) groups is 3. The molecule has 1 atom stereocenters. The molecule has 152 valence electrons. The zero-order valence-electron chi connectivity index (χ0n) is 16.6. The summed E-state index contributed by atoms with van der Waals surface area (Å²) in [5, 5.41) is 6.39. The van der Waals surface area contributed by atoms with Gasteiger partial charge in [-0.1, -0.05) is 48.5 Å². The van der Waals surface area contributed by atoms with E-state index in [-0.39, 0.29) is 6.54 Å². The summed E-state index contributed by atoms with van der Waals surface area (Å²) in [5.41, 5.74) is 1.24. The molecule has 0 aliphatic carbocycles. The minimum Gasteiger partial charge on any atom is -0.323 e. The largest absolute Gasteiger partial charge is 0.325 e. The molecule has 4 amide bonds. The second kappa shape index (κ2) is 7.94. The number of carbonyl (C=O) groups excluding carboxylic acids is 3. The number of benzene rings is 2. The van der Waals surface area contributed by atoms with Gasteiger partial charge < -0.3 is 10.6 Å². The lowest BCUT2D eigenvalue weighted by Gasteiger charge is -2.21. The van der Waals surface area contributed by atoms with Crippen molar-refractivity contribution < 1.29 is 14.4 Å². The SMILES string of the molecule is C[C@]1(CCc2ccccc2)NC(=O)N(CC(=O)Nc2cccc3cccnc23)C1=O. The van der Waals surface area contributed by atoms with Gasteiger partial charge in [0.25, 0.3) is 5.91 Å². The highest BCUT2D eigenvalue weighted by atomic mass is 16.2. The van der Waals surface area contributed by atoms with E-state index < -0.39 is 23.4 Å². The van der Waals surface area contributed by atoms with Crippen molar-refractivity contribution >= 4 is 34.4 Å². The summed E-state index contributed by atoms with van der Waals surface area (Å²) in [6.45, 7) is 1.34. The number of aromatic nitrogens is 1. The van der Waals surface area contributed by atoms with Crippen LogP contribution in [-0.4, -0.2) is 39.8 Å². The summed E-state index contributed by atoms with van der Waals surface area (Å²) in [6, 6.07) is 18.4. The number of pyridine rings is 1. The molecule has 0 saturated carbocycles. The van der Waals surface area contributed by atoms with Gasteiger partial charge in [-0.2, -0.15) is 0 Å². The molecule has 1 aliphatic heterocycles. The normalized spacial score (nSPS) is 18.5. The molecule has 1 aromatic heterocycles. The van der Waals surface area contributed by atoms with Crippen LogP contribution in [0.5, 0.6) is 0 Å². The van der Waals surface area contributed by atoms with Gasteiger partial charge in [0.1, 0.15) is 12.1 Å². The van der Waals surface area contributed by atoms with Gasteiger partial charge in [0.15, 0.2) is 0 Å². The minimum absolute atomic E-state index is 0.352. The Morgan fingerprint density at radius 3 is 2.63 bits per heavy atom. The van der Waals surface area contributed by atoms with Crippen molar-refractivity contribution in [1.29, 1.82) is 0 Å². The highest BCUT2D eigenvalue weighted by molar-refractivity contribution is 6.10. The number of hydrogen-bond acceptors (Lipinski definition) is 4. The standard InChI is InChI=1S/C23H22N4O3/c1-23(13-12-16-7-3-2-4-8-16)21(29)27(22(30)26-23)15-19(28)25-18-11-5-9-17-10-6-14-24-20(17)18/h2-11,14H,12-13,15H2,1H3,(H,25,28)(H,26,30)/t23-/m1/s1. The summed E-state index contributed by atoms with van der Waals surface area (Å²) < 4.78 is 0. The summed E-state index contributed by atoms with van der Waals surface area (Å²) in [5.74, 6) is -0.849. The molecule has 1 aliphatic rings. The average molecular weight is 402 g/mol. The third kappa shape index (κ3) is 3.87. The fourth-order valence-electron chi connectivity index (χ4n) is 3.64. The maximum absolute atomic E-state index is 12.9. The zero-order chi connectivity index (χ0) is 21.1. The van der Waals surface area contributed by atoms with Crippen LogP contribution in [-0.2, 0) is 16.0 Å². The Labute approximate surface area is 174 Å². The lowest BCUT2D eigenvalue weighted by Crippen LogP contribution is -2.45. The average Bonchev–Trinajstić information content (AvgIpc) is 2.97. The van der Waals surface area contributed by atoms with Crippen LogP contribution in [0.2, 0.25) is 0 Å². The molecule has 0 spiro atoms. The summed E-state index contributed by atoms with van der Waals surface area (Å²) >= 11 is 0. The first-order valence-corrected chi connectivity index (χ1v) is 9.78. The first-order chi connectivity index (χ1) is 14.5. The van der Waals surface area contributed by atoms with Gasteiger partial charge in [-0.25, -0.2) is 4.79 Å². The van der Waals surface area contributed by atoms with Crippen molar-refractivity contribution in [2.45, 2.75) is 25.3 Å². The number of para-hydroxylation sites is 1. The van der Waals surface area contributed by atoms with Gasteiger partial charge in [-0.3, -0.25) is 19.5 Å². The monoisotopic (exact) mass is 402 g/mol. The number of hydrogen-bond donors (Lipinski definition) is 2. The van der Waals surface area contributed by atoms with Gasteiger partial charge in [-0.15, -0.1) is 0 Å². The second-order valence-electron chi connectivity index (χ2n) is 7.57. The number of anilines is 1.